The Kier molecular flexibility index (Phi) is 5.71. The van der Waals surface area contributed by atoms with Crippen LogP contribution in [-0.2, 0) is 4.79 Å². The number of thioether (sulfide) groups is 1. The number of aliphatic hydroxyl groups is 1. The molecule has 0 aliphatic heterocycles. The van der Waals surface area contributed by atoms with Crippen molar-refractivity contribution in [1.82, 2.24) is 4.90 Å². The maximum atomic E-state index is 12.2. The molecule has 19 heavy (non-hydrogen) atoms. The van der Waals surface area contributed by atoms with Gasteiger partial charge < -0.3 is 10.0 Å². The van der Waals surface area contributed by atoms with Crippen molar-refractivity contribution in [2.45, 2.75) is 36.5 Å². The van der Waals surface area contributed by atoms with E-state index >= 15 is 0 Å². The molecule has 0 aliphatic rings. The molecule has 1 aromatic carbocycles. The predicted molar refractivity (Wildman–Crippen MR) is 80.7 cm³/mol. The Balaban J connectivity index is 2.65. The zero-order valence-corrected chi connectivity index (χ0v) is 13.3. The third kappa shape index (κ3) is 5.43. The van der Waals surface area contributed by atoms with Gasteiger partial charge >= 0.3 is 0 Å². The van der Waals surface area contributed by atoms with Crippen molar-refractivity contribution in [2.75, 3.05) is 13.6 Å². The van der Waals surface area contributed by atoms with E-state index < -0.39 is 5.60 Å². The van der Waals surface area contributed by atoms with Crippen molar-refractivity contribution in [3.8, 4) is 0 Å². The van der Waals surface area contributed by atoms with Gasteiger partial charge in [-0.25, -0.2) is 0 Å². The van der Waals surface area contributed by atoms with Crippen LogP contribution < -0.4 is 0 Å². The number of hydrogen-bond donors (Lipinski definition) is 1. The molecule has 0 bridgehead atoms. The summed E-state index contributed by atoms with van der Waals surface area (Å²) < 4.78 is 0. The average Bonchev–Trinajstić information content (AvgIpc) is 2.28. The summed E-state index contributed by atoms with van der Waals surface area (Å²) in [5.74, 6) is -0.0213. The highest BCUT2D eigenvalue weighted by atomic mass is 35.5. The van der Waals surface area contributed by atoms with E-state index in [0.717, 1.165) is 4.90 Å². The molecule has 0 heterocycles. The monoisotopic (exact) mass is 301 g/mol. The number of halogens is 1. The van der Waals surface area contributed by atoms with E-state index in [0.29, 0.717) is 11.6 Å². The van der Waals surface area contributed by atoms with E-state index in [4.69, 9.17) is 11.6 Å². The Labute approximate surface area is 123 Å². The fourth-order valence-corrected chi connectivity index (χ4v) is 3.02. The summed E-state index contributed by atoms with van der Waals surface area (Å²) in [6, 6.07) is 7.46. The lowest BCUT2D eigenvalue weighted by Crippen LogP contribution is -2.42. The van der Waals surface area contributed by atoms with Crippen molar-refractivity contribution in [1.29, 1.82) is 0 Å². The Bertz CT molecular complexity index is 445. The van der Waals surface area contributed by atoms with E-state index in [1.807, 2.05) is 31.2 Å². The Morgan fingerprint density at radius 1 is 1.47 bits per heavy atom. The van der Waals surface area contributed by atoms with Gasteiger partial charge in [0.2, 0.25) is 5.91 Å². The normalized spacial score (nSPS) is 13.2. The molecular formula is C14H20ClNO2S. The van der Waals surface area contributed by atoms with Crippen LogP contribution in [0.2, 0.25) is 5.02 Å². The van der Waals surface area contributed by atoms with E-state index in [1.165, 1.54) is 11.8 Å². The van der Waals surface area contributed by atoms with Gasteiger partial charge in [-0.3, -0.25) is 4.79 Å². The number of carbonyl (C=O) groups is 1. The number of carbonyl (C=O) groups excluding carboxylic acids is 1. The number of likely N-dealkylation sites (N-methyl/N-ethyl adjacent to an activating group) is 1. The van der Waals surface area contributed by atoms with Crippen molar-refractivity contribution in [3.63, 3.8) is 0 Å². The quantitative estimate of drug-likeness (QED) is 0.850. The molecule has 0 aromatic heterocycles. The smallest absolute Gasteiger partial charge is 0.235 e. The van der Waals surface area contributed by atoms with Gasteiger partial charge in [-0.05, 0) is 32.9 Å². The van der Waals surface area contributed by atoms with Crippen LogP contribution in [0.1, 0.15) is 20.8 Å². The summed E-state index contributed by atoms with van der Waals surface area (Å²) in [6.45, 7) is 5.52. The molecule has 0 spiro atoms. The van der Waals surface area contributed by atoms with Gasteiger partial charge in [0.05, 0.1) is 15.9 Å². The highest BCUT2D eigenvalue weighted by molar-refractivity contribution is 8.00. The zero-order valence-electron chi connectivity index (χ0n) is 11.7. The lowest BCUT2D eigenvalue weighted by Gasteiger charge is -2.27. The van der Waals surface area contributed by atoms with Crippen LogP contribution in [0.15, 0.2) is 29.2 Å². The molecule has 0 saturated carbocycles. The first-order valence-corrected chi connectivity index (χ1v) is 7.35. The molecule has 1 rings (SSSR count). The lowest BCUT2D eigenvalue weighted by atomic mass is 10.1. The van der Waals surface area contributed by atoms with Gasteiger partial charge in [-0.15, -0.1) is 11.8 Å². The molecule has 1 amide bonds. The summed E-state index contributed by atoms with van der Waals surface area (Å²) in [7, 11) is 1.70. The number of benzene rings is 1. The predicted octanol–water partition coefficient (Wildman–Crippen LogP) is 3.05. The first kappa shape index (κ1) is 16.3. The number of amides is 1. The van der Waals surface area contributed by atoms with Gasteiger partial charge in [0.15, 0.2) is 0 Å². The van der Waals surface area contributed by atoms with Crippen molar-refractivity contribution < 1.29 is 9.90 Å². The highest BCUT2D eigenvalue weighted by Crippen LogP contribution is 2.30. The standard InChI is InChI=1S/C14H20ClNO2S/c1-10(13(17)16(4)9-14(2,3)18)19-12-8-6-5-7-11(12)15/h5-8,10,18H,9H2,1-4H3. The highest BCUT2D eigenvalue weighted by Gasteiger charge is 2.24. The van der Waals surface area contributed by atoms with Crippen LogP contribution in [0, 0.1) is 0 Å². The zero-order chi connectivity index (χ0) is 14.6. The summed E-state index contributed by atoms with van der Waals surface area (Å²) in [5, 5.41) is 10.1. The van der Waals surface area contributed by atoms with Crippen LogP contribution in [0.3, 0.4) is 0 Å². The molecule has 1 unspecified atom stereocenters. The number of rotatable bonds is 5. The van der Waals surface area contributed by atoms with Crippen LogP contribution in [0.5, 0.6) is 0 Å². The third-order valence-corrected chi connectivity index (χ3v) is 4.10. The summed E-state index contributed by atoms with van der Waals surface area (Å²) in [5.41, 5.74) is -0.890. The summed E-state index contributed by atoms with van der Waals surface area (Å²) in [6.07, 6.45) is 0. The Morgan fingerprint density at radius 2 is 2.05 bits per heavy atom. The van der Waals surface area contributed by atoms with Gasteiger partial charge in [-0.2, -0.15) is 0 Å². The van der Waals surface area contributed by atoms with E-state index in [9.17, 15) is 9.90 Å². The fourth-order valence-electron chi connectivity index (χ4n) is 1.75. The minimum Gasteiger partial charge on any atom is -0.389 e. The first-order valence-electron chi connectivity index (χ1n) is 6.09. The fraction of sp³-hybridized carbons (Fsp3) is 0.500. The molecule has 106 valence electrons. The van der Waals surface area contributed by atoms with Crippen LogP contribution in [-0.4, -0.2) is 40.4 Å². The molecule has 0 fully saturated rings. The second-order valence-corrected chi connectivity index (χ2v) is 6.99. The average molecular weight is 302 g/mol. The SMILES string of the molecule is CC(Sc1ccccc1Cl)C(=O)N(C)CC(C)(C)O. The molecule has 0 aliphatic carbocycles. The lowest BCUT2D eigenvalue weighted by molar-refractivity contribution is -0.131. The number of nitrogens with zero attached hydrogens (tertiary/aromatic N) is 1. The minimum absolute atomic E-state index is 0.0213. The van der Waals surface area contributed by atoms with Crippen LogP contribution in [0.4, 0.5) is 0 Å². The van der Waals surface area contributed by atoms with Gasteiger partial charge in [0.25, 0.3) is 0 Å². The maximum absolute atomic E-state index is 12.2. The van der Waals surface area contributed by atoms with Gasteiger partial charge in [0, 0.05) is 18.5 Å². The second-order valence-electron chi connectivity index (χ2n) is 5.20. The van der Waals surface area contributed by atoms with Crippen molar-refractivity contribution in [2.24, 2.45) is 0 Å². The molecule has 0 saturated heterocycles. The maximum Gasteiger partial charge on any atom is 0.235 e. The van der Waals surface area contributed by atoms with Crippen LogP contribution >= 0.6 is 23.4 Å². The minimum atomic E-state index is -0.890. The van der Waals surface area contributed by atoms with Crippen LogP contribution in [0.25, 0.3) is 0 Å². The number of hydrogen-bond acceptors (Lipinski definition) is 3. The second kappa shape index (κ2) is 6.64. The largest absolute Gasteiger partial charge is 0.389 e. The Hall–Kier alpha value is -0.710. The molecule has 5 heteroatoms. The molecule has 1 N–H and O–H groups in total. The molecule has 3 nitrogen and oxygen atoms in total. The third-order valence-electron chi connectivity index (χ3n) is 2.49. The van der Waals surface area contributed by atoms with Crippen molar-refractivity contribution >= 4 is 29.3 Å². The first-order chi connectivity index (χ1) is 8.70. The van der Waals surface area contributed by atoms with E-state index in [1.54, 1.807) is 25.8 Å². The van der Waals surface area contributed by atoms with Gasteiger partial charge in [-0.1, -0.05) is 23.7 Å². The molecule has 0 radical (unpaired) electrons. The summed E-state index contributed by atoms with van der Waals surface area (Å²) >= 11 is 7.50. The summed E-state index contributed by atoms with van der Waals surface area (Å²) in [4.78, 5) is 14.6. The van der Waals surface area contributed by atoms with Crippen molar-refractivity contribution in [3.05, 3.63) is 29.3 Å². The molecular weight excluding hydrogens is 282 g/mol. The van der Waals surface area contributed by atoms with Gasteiger partial charge in [0.1, 0.15) is 0 Å². The van der Waals surface area contributed by atoms with E-state index in [-0.39, 0.29) is 11.2 Å². The van der Waals surface area contributed by atoms with E-state index in [2.05, 4.69) is 0 Å². The Morgan fingerprint density at radius 3 is 2.58 bits per heavy atom. The molecule has 1 aromatic rings. The topological polar surface area (TPSA) is 40.5 Å². The molecule has 1 atom stereocenters.